The van der Waals surface area contributed by atoms with Gasteiger partial charge in [-0.25, -0.2) is 9.98 Å². The molecule has 0 saturated carbocycles. The molecule has 4 heterocycles. The summed E-state index contributed by atoms with van der Waals surface area (Å²) >= 11 is 1.84. The van der Waals surface area contributed by atoms with Gasteiger partial charge in [-0.2, -0.15) is 0 Å². The number of furan rings is 2. The van der Waals surface area contributed by atoms with Crippen LogP contribution in [0.25, 0.3) is 75.2 Å². The van der Waals surface area contributed by atoms with Crippen LogP contribution in [0.1, 0.15) is 22.9 Å². The minimum atomic E-state index is -0.497. The van der Waals surface area contributed by atoms with Crippen LogP contribution in [0.2, 0.25) is 0 Å². The normalized spacial score (nSPS) is 14.9. The second-order valence-electron chi connectivity index (χ2n) is 12.9. The van der Waals surface area contributed by atoms with Crippen molar-refractivity contribution in [1.29, 1.82) is 0 Å². The summed E-state index contributed by atoms with van der Waals surface area (Å²) in [5.74, 6) is 1.52. The van der Waals surface area contributed by atoms with E-state index in [2.05, 4.69) is 102 Å². The third kappa shape index (κ3) is 4.47. The summed E-state index contributed by atoms with van der Waals surface area (Å²) in [6.07, 6.45) is -0.497. The number of fused-ring (bicyclic) bond motifs is 9. The Morgan fingerprint density at radius 3 is 2.08 bits per heavy atom. The van der Waals surface area contributed by atoms with Gasteiger partial charge in [0.05, 0.1) is 0 Å². The maximum Gasteiger partial charge on any atom is 0.170 e. The van der Waals surface area contributed by atoms with Gasteiger partial charge in [0.15, 0.2) is 6.17 Å². The third-order valence-electron chi connectivity index (χ3n) is 9.96. The largest absolute Gasteiger partial charge is 0.456 e. The summed E-state index contributed by atoms with van der Waals surface area (Å²) in [6.45, 7) is 0. The monoisotopic (exact) mass is 673 g/mol. The number of hydrogen-bond acceptors (Lipinski definition) is 6. The van der Waals surface area contributed by atoms with Gasteiger partial charge in [0.1, 0.15) is 34.0 Å². The zero-order valence-electron chi connectivity index (χ0n) is 27.1. The van der Waals surface area contributed by atoms with Crippen LogP contribution in [0.15, 0.2) is 170 Å². The van der Waals surface area contributed by atoms with E-state index in [0.717, 1.165) is 77.8 Å². The van der Waals surface area contributed by atoms with E-state index in [0.29, 0.717) is 0 Å². The molecule has 1 atom stereocenters. The predicted octanol–water partition coefficient (Wildman–Crippen LogP) is 12.0. The first-order chi connectivity index (χ1) is 25.2. The van der Waals surface area contributed by atoms with E-state index in [-0.39, 0.29) is 0 Å². The molecule has 1 aliphatic heterocycles. The Balaban J connectivity index is 1.07. The number of amidine groups is 2. The molecule has 0 radical (unpaired) electrons. The molecule has 240 valence electrons. The molecule has 10 aromatic rings. The SMILES string of the molecule is c1ccc(C2=NC(c3cccc4oc5cc(-c6cccc7sc8ccccc8c67)ccc5c34)N=C(c3ccc4oc5ccccc5c4c3)N2)cc1. The Hall–Kier alpha value is -6.50. The van der Waals surface area contributed by atoms with Crippen LogP contribution in [0, 0.1) is 0 Å². The van der Waals surface area contributed by atoms with Gasteiger partial charge < -0.3 is 14.2 Å². The molecule has 1 unspecified atom stereocenters. The first-order valence-corrected chi connectivity index (χ1v) is 17.8. The molecular weight excluding hydrogens is 647 g/mol. The first-order valence-electron chi connectivity index (χ1n) is 17.0. The van der Waals surface area contributed by atoms with Crippen molar-refractivity contribution < 1.29 is 8.83 Å². The highest BCUT2D eigenvalue weighted by molar-refractivity contribution is 7.25. The van der Waals surface area contributed by atoms with E-state index in [1.54, 1.807) is 0 Å². The predicted molar refractivity (Wildman–Crippen MR) is 211 cm³/mol. The fourth-order valence-electron chi connectivity index (χ4n) is 7.60. The highest BCUT2D eigenvalue weighted by Gasteiger charge is 2.25. The van der Waals surface area contributed by atoms with E-state index in [4.69, 9.17) is 18.8 Å². The number of nitrogens with zero attached hydrogens (tertiary/aromatic N) is 2. The summed E-state index contributed by atoms with van der Waals surface area (Å²) in [6, 6.07) is 52.6. The van der Waals surface area contributed by atoms with E-state index in [1.807, 2.05) is 65.9 Å². The summed E-state index contributed by atoms with van der Waals surface area (Å²) in [5, 5.41) is 10.3. The van der Waals surface area contributed by atoms with Crippen molar-refractivity contribution in [2.24, 2.45) is 9.98 Å². The number of hydrogen-bond donors (Lipinski definition) is 1. The molecule has 3 aromatic heterocycles. The molecule has 0 fully saturated rings. The fourth-order valence-corrected chi connectivity index (χ4v) is 8.74. The van der Waals surface area contributed by atoms with Gasteiger partial charge >= 0.3 is 0 Å². The van der Waals surface area contributed by atoms with Crippen LogP contribution >= 0.6 is 11.3 Å². The lowest BCUT2D eigenvalue weighted by Gasteiger charge is -2.22. The van der Waals surface area contributed by atoms with Crippen LogP contribution in [0.3, 0.4) is 0 Å². The summed E-state index contributed by atoms with van der Waals surface area (Å²) in [5.41, 5.74) is 8.67. The average molecular weight is 674 g/mol. The molecule has 51 heavy (non-hydrogen) atoms. The molecule has 11 rings (SSSR count). The number of nitrogens with one attached hydrogen (secondary N) is 1. The Labute approximate surface area is 295 Å². The lowest BCUT2D eigenvalue weighted by atomic mass is 9.97. The van der Waals surface area contributed by atoms with Gasteiger partial charge in [0.2, 0.25) is 0 Å². The standard InChI is InChI=1S/C45H27N3O2S/c1-2-10-26(11-3-1)43-46-44(28-21-23-36-34(24-28)30-12-4-6-16-35(30)49-36)48-45(47-43)33-15-8-17-37-41(33)31-22-20-27(25-38(31)50-37)29-14-9-19-40-42(29)32-13-5-7-18-39(32)51-40/h1-25,45H,(H,46,47,48). The molecule has 0 bridgehead atoms. The molecular formula is C45H27N3O2S. The minimum absolute atomic E-state index is 0.497. The highest BCUT2D eigenvalue weighted by atomic mass is 32.1. The van der Waals surface area contributed by atoms with Gasteiger partial charge in [0, 0.05) is 58.4 Å². The van der Waals surface area contributed by atoms with Crippen LogP contribution in [-0.2, 0) is 0 Å². The summed E-state index contributed by atoms with van der Waals surface area (Å²) in [4.78, 5) is 10.5. The molecule has 1 N–H and O–H groups in total. The van der Waals surface area contributed by atoms with E-state index < -0.39 is 6.17 Å². The van der Waals surface area contributed by atoms with Gasteiger partial charge in [-0.1, -0.05) is 97.1 Å². The average Bonchev–Trinajstić information content (AvgIpc) is 3.88. The van der Waals surface area contributed by atoms with Crippen molar-refractivity contribution in [3.8, 4) is 11.1 Å². The van der Waals surface area contributed by atoms with Crippen molar-refractivity contribution in [2.75, 3.05) is 0 Å². The van der Waals surface area contributed by atoms with E-state index in [1.165, 1.54) is 25.7 Å². The minimum Gasteiger partial charge on any atom is -0.456 e. The molecule has 5 nitrogen and oxygen atoms in total. The number of rotatable bonds is 4. The first kappa shape index (κ1) is 28.3. The molecule has 0 spiro atoms. The van der Waals surface area contributed by atoms with E-state index >= 15 is 0 Å². The van der Waals surface area contributed by atoms with Crippen LogP contribution in [-0.4, -0.2) is 11.7 Å². The Morgan fingerprint density at radius 2 is 1.16 bits per heavy atom. The number of thiophene rings is 1. The summed E-state index contributed by atoms with van der Waals surface area (Å²) < 4.78 is 15.3. The smallest absolute Gasteiger partial charge is 0.170 e. The molecule has 6 heteroatoms. The van der Waals surface area contributed by atoms with Gasteiger partial charge in [-0.15, -0.1) is 11.3 Å². The molecule has 0 aliphatic carbocycles. The van der Waals surface area contributed by atoms with Crippen LogP contribution in [0.4, 0.5) is 0 Å². The Kier molecular flexibility index (Phi) is 6.12. The second kappa shape index (κ2) is 11.0. The topological polar surface area (TPSA) is 63.0 Å². The molecule has 7 aromatic carbocycles. The Morgan fingerprint density at radius 1 is 0.451 bits per heavy atom. The zero-order valence-corrected chi connectivity index (χ0v) is 27.9. The fraction of sp³-hybridized carbons (Fsp3) is 0.0222. The number of para-hydroxylation sites is 1. The molecule has 0 amide bonds. The Bertz CT molecular complexity index is 3070. The lowest BCUT2D eigenvalue weighted by molar-refractivity contribution is 0.667. The second-order valence-corrected chi connectivity index (χ2v) is 14.0. The van der Waals surface area contributed by atoms with Gasteiger partial charge in [0.25, 0.3) is 0 Å². The zero-order chi connectivity index (χ0) is 33.5. The maximum absolute atomic E-state index is 6.61. The van der Waals surface area contributed by atoms with Crippen molar-refractivity contribution in [2.45, 2.75) is 6.17 Å². The molecule has 0 saturated heterocycles. The van der Waals surface area contributed by atoms with Crippen molar-refractivity contribution >= 4 is 87.1 Å². The van der Waals surface area contributed by atoms with Crippen molar-refractivity contribution in [3.05, 3.63) is 168 Å². The third-order valence-corrected chi connectivity index (χ3v) is 11.1. The van der Waals surface area contributed by atoms with E-state index in [9.17, 15) is 0 Å². The van der Waals surface area contributed by atoms with Crippen molar-refractivity contribution in [1.82, 2.24) is 5.32 Å². The maximum atomic E-state index is 6.61. The lowest BCUT2D eigenvalue weighted by Crippen LogP contribution is -2.36. The number of benzene rings is 7. The van der Waals surface area contributed by atoms with Gasteiger partial charge in [-0.05, 0) is 65.7 Å². The highest BCUT2D eigenvalue weighted by Crippen LogP contribution is 2.43. The van der Waals surface area contributed by atoms with Crippen LogP contribution in [0.5, 0.6) is 0 Å². The summed E-state index contributed by atoms with van der Waals surface area (Å²) in [7, 11) is 0. The number of aliphatic imine (C=N–C) groups is 2. The van der Waals surface area contributed by atoms with Crippen LogP contribution < -0.4 is 5.32 Å². The van der Waals surface area contributed by atoms with Crippen molar-refractivity contribution in [3.63, 3.8) is 0 Å². The molecule has 1 aliphatic rings. The quantitative estimate of drug-likeness (QED) is 0.202. The van der Waals surface area contributed by atoms with Gasteiger partial charge in [-0.3, -0.25) is 0 Å².